The fraction of sp³-hybridized carbons (Fsp3) is 0.692. The predicted molar refractivity (Wildman–Crippen MR) is 78.2 cm³/mol. The van der Waals surface area contributed by atoms with Gasteiger partial charge in [0.05, 0.1) is 4.92 Å². The van der Waals surface area contributed by atoms with Gasteiger partial charge in [0.15, 0.2) is 0 Å². The summed E-state index contributed by atoms with van der Waals surface area (Å²) >= 11 is 0. The van der Waals surface area contributed by atoms with E-state index in [1.54, 1.807) is 14.0 Å². The summed E-state index contributed by atoms with van der Waals surface area (Å²) < 4.78 is 0. The van der Waals surface area contributed by atoms with E-state index >= 15 is 0 Å². The predicted octanol–water partition coefficient (Wildman–Crippen LogP) is 2.36. The number of anilines is 2. The van der Waals surface area contributed by atoms with Gasteiger partial charge < -0.3 is 10.2 Å². The number of nitrogens with one attached hydrogen (secondary N) is 1. The van der Waals surface area contributed by atoms with Crippen LogP contribution in [0.1, 0.15) is 31.9 Å². The lowest BCUT2D eigenvalue weighted by atomic mass is 9.94. The third kappa shape index (κ3) is 2.81. The van der Waals surface area contributed by atoms with Crippen LogP contribution in [0.3, 0.4) is 0 Å². The van der Waals surface area contributed by atoms with E-state index in [-0.39, 0.29) is 10.6 Å². The van der Waals surface area contributed by atoms with Gasteiger partial charge in [-0.05, 0) is 25.7 Å². The van der Waals surface area contributed by atoms with Gasteiger partial charge >= 0.3 is 5.69 Å². The van der Waals surface area contributed by atoms with Gasteiger partial charge in [0.25, 0.3) is 0 Å². The molecule has 0 saturated carbocycles. The molecule has 1 fully saturated rings. The van der Waals surface area contributed by atoms with Gasteiger partial charge in [-0.3, -0.25) is 10.1 Å². The molecule has 1 aliphatic heterocycles. The van der Waals surface area contributed by atoms with E-state index in [9.17, 15) is 10.1 Å². The van der Waals surface area contributed by atoms with Crippen LogP contribution in [0.2, 0.25) is 0 Å². The molecule has 2 heterocycles. The highest BCUT2D eigenvalue weighted by Gasteiger charge is 2.28. The van der Waals surface area contributed by atoms with Gasteiger partial charge in [0, 0.05) is 20.1 Å². The largest absolute Gasteiger partial charge is 0.357 e. The number of hydrogen-bond acceptors (Lipinski definition) is 6. The molecule has 0 unspecified atom stereocenters. The first-order valence-electron chi connectivity index (χ1n) is 7.02. The Morgan fingerprint density at radius 2 is 2.05 bits per heavy atom. The number of piperidine rings is 1. The van der Waals surface area contributed by atoms with Gasteiger partial charge in [0.2, 0.25) is 11.8 Å². The van der Waals surface area contributed by atoms with Crippen LogP contribution in [-0.2, 0) is 0 Å². The average molecular weight is 279 g/mol. The fourth-order valence-corrected chi connectivity index (χ4v) is 2.65. The molecule has 0 radical (unpaired) electrons. The third-order valence-corrected chi connectivity index (χ3v) is 3.94. The Labute approximate surface area is 118 Å². The third-order valence-electron chi connectivity index (χ3n) is 3.94. The number of hydrogen-bond donors (Lipinski definition) is 1. The van der Waals surface area contributed by atoms with Crippen molar-refractivity contribution in [3.8, 4) is 0 Å². The zero-order chi connectivity index (χ0) is 14.7. The molecule has 7 heteroatoms. The van der Waals surface area contributed by atoms with Crippen molar-refractivity contribution in [2.45, 2.75) is 33.1 Å². The summed E-state index contributed by atoms with van der Waals surface area (Å²) in [6.45, 7) is 5.48. The van der Waals surface area contributed by atoms with Crippen LogP contribution in [0, 0.1) is 23.0 Å². The second kappa shape index (κ2) is 6.02. The molecule has 1 aliphatic rings. The Kier molecular flexibility index (Phi) is 4.36. The maximum atomic E-state index is 11.3. The first kappa shape index (κ1) is 14.5. The van der Waals surface area contributed by atoms with Gasteiger partial charge in [-0.1, -0.05) is 13.3 Å². The highest BCUT2D eigenvalue weighted by molar-refractivity contribution is 5.62. The SMILES string of the molecule is CCC1CCN(c2nc(NC)nc(C)c2[N+](=O)[O-])CC1. The molecule has 1 saturated heterocycles. The summed E-state index contributed by atoms with van der Waals surface area (Å²) in [6.07, 6.45) is 3.29. The molecule has 0 aliphatic carbocycles. The summed E-state index contributed by atoms with van der Waals surface area (Å²) in [7, 11) is 1.72. The monoisotopic (exact) mass is 279 g/mol. The molecule has 0 bridgehead atoms. The van der Waals surface area contributed by atoms with Crippen molar-refractivity contribution in [1.29, 1.82) is 0 Å². The van der Waals surface area contributed by atoms with Gasteiger partial charge in [0.1, 0.15) is 5.69 Å². The van der Waals surface area contributed by atoms with E-state index in [1.165, 1.54) is 6.42 Å². The Morgan fingerprint density at radius 3 is 2.55 bits per heavy atom. The van der Waals surface area contributed by atoms with Crippen molar-refractivity contribution in [2.75, 3.05) is 30.4 Å². The molecule has 7 nitrogen and oxygen atoms in total. The van der Waals surface area contributed by atoms with E-state index in [2.05, 4.69) is 22.2 Å². The summed E-state index contributed by atoms with van der Waals surface area (Å²) in [6, 6.07) is 0. The minimum atomic E-state index is -0.379. The van der Waals surface area contributed by atoms with Crippen LogP contribution in [0.4, 0.5) is 17.5 Å². The molecule has 1 N–H and O–H groups in total. The zero-order valence-corrected chi connectivity index (χ0v) is 12.2. The number of nitrogens with zero attached hydrogens (tertiary/aromatic N) is 4. The molecule has 2 rings (SSSR count). The molecule has 0 spiro atoms. The van der Waals surface area contributed by atoms with Crippen LogP contribution < -0.4 is 10.2 Å². The van der Waals surface area contributed by atoms with E-state index in [4.69, 9.17) is 0 Å². The molecule has 0 amide bonds. The highest BCUT2D eigenvalue weighted by Crippen LogP contribution is 2.32. The van der Waals surface area contributed by atoms with Crippen LogP contribution >= 0.6 is 0 Å². The Bertz CT molecular complexity index is 498. The number of aromatic nitrogens is 2. The van der Waals surface area contributed by atoms with Crippen molar-refractivity contribution in [3.05, 3.63) is 15.8 Å². The lowest BCUT2D eigenvalue weighted by molar-refractivity contribution is -0.385. The summed E-state index contributed by atoms with van der Waals surface area (Å²) in [5, 5.41) is 14.1. The van der Waals surface area contributed by atoms with Crippen molar-refractivity contribution in [1.82, 2.24) is 9.97 Å². The van der Waals surface area contributed by atoms with Crippen LogP contribution in [0.15, 0.2) is 0 Å². The van der Waals surface area contributed by atoms with Crippen LogP contribution in [0.5, 0.6) is 0 Å². The fourth-order valence-electron chi connectivity index (χ4n) is 2.65. The molecule has 0 aromatic carbocycles. The normalized spacial score (nSPS) is 16.2. The topological polar surface area (TPSA) is 84.2 Å². The van der Waals surface area contributed by atoms with Crippen molar-refractivity contribution < 1.29 is 4.92 Å². The standard InChI is InChI=1S/C13H21N5O2/c1-4-10-5-7-17(8-6-10)12-11(18(19)20)9(2)15-13(14-3)16-12/h10H,4-8H2,1-3H3,(H,14,15,16). The van der Waals surface area contributed by atoms with Crippen molar-refractivity contribution in [3.63, 3.8) is 0 Å². The summed E-state index contributed by atoms with van der Waals surface area (Å²) in [5.74, 6) is 1.60. The second-order valence-corrected chi connectivity index (χ2v) is 5.15. The quantitative estimate of drug-likeness (QED) is 0.672. The molecule has 20 heavy (non-hydrogen) atoms. The van der Waals surface area contributed by atoms with Crippen molar-refractivity contribution >= 4 is 17.5 Å². The first-order valence-corrected chi connectivity index (χ1v) is 7.02. The van der Waals surface area contributed by atoms with Crippen LogP contribution in [0.25, 0.3) is 0 Å². The lowest BCUT2D eigenvalue weighted by Gasteiger charge is -2.32. The average Bonchev–Trinajstić information content (AvgIpc) is 2.46. The maximum absolute atomic E-state index is 11.3. The second-order valence-electron chi connectivity index (χ2n) is 5.15. The summed E-state index contributed by atoms with van der Waals surface area (Å²) in [5.41, 5.74) is 0.431. The van der Waals surface area contributed by atoms with Crippen molar-refractivity contribution in [2.24, 2.45) is 5.92 Å². The Hall–Kier alpha value is -1.92. The van der Waals surface area contributed by atoms with E-state index in [1.807, 2.05) is 4.90 Å². The zero-order valence-electron chi connectivity index (χ0n) is 12.2. The Morgan fingerprint density at radius 1 is 1.40 bits per heavy atom. The van der Waals surface area contributed by atoms with Crippen LogP contribution in [-0.4, -0.2) is 35.0 Å². The molecular weight excluding hydrogens is 258 g/mol. The van der Waals surface area contributed by atoms with Gasteiger partial charge in [-0.25, -0.2) is 4.98 Å². The van der Waals surface area contributed by atoms with Gasteiger partial charge in [-0.15, -0.1) is 0 Å². The molecule has 1 aromatic heterocycles. The molecule has 0 atom stereocenters. The van der Waals surface area contributed by atoms with E-state index < -0.39 is 0 Å². The maximum Gasteiger partial charge on any atom is 0.332 e. The van der Waals surface area contributed by atoms with E-state index in [0.717, 1.165) is 31.8 Å². The molecule has 1 aromatic rings. The summed E-state index contributed by atoms with van der Waals surface area (Å²) in [4.78, 5) is 21.3. The molecular formula is C13H21N5O2. The highest BCUT2D eigenvalue weighted by atomic mass is 16.6. The number of nitro groups is 1. The van der Waals surface area contributed by atoms with Gasteiger partial charge in [-0.2, -0.15) is 4.98 Å². The smallest absolute Gasteiger partial charge is 0.332 e. The first-order chi connectivity index (χ1) is 9.56. The Balaban J connectivity index is 2.34. The minimum absolute atomic E-state index is 0.0268. The lowest BCUT2D eigenvalue weighted by Crippen LogP contribution is -2.34. The van der Waals surface area contributed by atoms with E-state index in [0.29, 0.717) is 17.5 Å². The molecule has 110 valence electrons. The minimum Gasteiger partial charge on any atom is -0.357 e. The number of rotatable bonds is 4. The number of aryl methyl sites for hydroxylation is 1.